The van der Waals surface area contributed by atoms with Gasteiger partial charge in [0.2, 0.25) is 0 Å². The zero-order valence-electron chi connectivity index (χ0n) is 37.1. The summed E-state index contributed by atoms with van der Waals surface area (Å²) in [5.41, 5.74) is 18.3. The molecule has 0 spiro atoms. The minimum atomic E-state index is -0.177. The number of fused-ring (bicyclic) bond motifs is 6. The van der Waals surface area contributed by atoms with Crippen LogP contribution in [0.1, 0.15) is 41.4 Å². The van der Waals surface area contributed by atoms with Gasteiger partial charge in [-0.25, -0.2) is 4.98 Å². The summed E-state index contributed by atoms with van der Waals surface area (Å²) in [5.74, 6) is 0. The molecule has 0 aliphatic heterocycles. The number of aromatic nitrogens is 3. The largest absolute Gasteiger partial charge is 0.309 e. The number of para-hydroxylation sites is 4. The number of hydrogen-bond acceptors (Lipinski definition) is 1. The Morgan fingerprint density at radius 3 is 1.50 bits per heavy atom. The van der Waals surface area contributed by atoms with E-state index >= 15 is 0 Å². The molecule has 0 bridgehead atoms. The third-order valence-corrected chi connectivity index (χ3v) is 13.8. The third kappa shape index (κ3) is 6.80. The Labute approximate surface area is 385 Å². The smallest absolute Gasteiger partial charge is 0.0712 e. The van der Waals surface area contributed by atoms with Crippen LogP contribution in [0.4, 0.5) is 0 Å². The van der Waals surface area contributed by atoms with Gasteiger partial charge in [-0.3, -0.25) is 0 Å². The zero-order valence-corrected chi connectivity index (χ0v) is 37.1. The molecule has 3 heterocycles. The molecule has 3 aromatic heterocycles. The minimum Gasteiger partial charge on any atom is -0.309 e. The number of rotatable bonds is 8. The van der Waals surface area contributed by atoms with Crippen LogP contribution >= 0.6 is 0 Å². The Morgan fingerprint density at radius 1 is 0.485 bits per heavy atom. The topological polar surface area (TPSA) is 22.8 Å². The zero-order chi connectivity index (χ0) is 44.2. The van der Waals surface area contributed by atoms with Gasteiger partial charge in [-0.15, -0.1) is 0 Å². The van der Waals surface area contributed by atoms with Gasteiger partial charge < -0.3 is 9.13 Å². The van der Waals surface area contributed by atoms with E-state index in [2.05, 4.69) is 260 Å². The lowest BCUT2D eigenvalue weighted by Crippen LogP contribution is -2.20. The van der Waals surface area contributed by atoms with E-state index in [-0.39, 0.29) is 5.41 Å². The van der Waals surface area contributed by atoms with E-state index in [4.69, 9.17) is 4.98 Å². The van der Waals surface area contributed by atoms with Crippen LogP contribution in [0, 0.1) is 6.92 Å². The number of benzene rings is 8. The highest BCUT2D eigenvalue weighted by molar-refractivity contribution is 6.10. The van der Waals surface area contributed by atoms with Crippen molar-refractivity contribution in [1.29, 1.82) is 0 Å². The summed E-state index contributed by atoms with van der Waals surface area (Å²) < 4.78 is 4.87. The standard InChI is InChI=1S/C63H47N3/c1-43-56(46-19-7-4-8-20-46)42-58(64-57(43)34-29-44-17-5-3-6-18-44)47-35-37-63(2,38-36-47)49-32-30-45(31-33-49)48-39-50(65-59-25-13-9-21-52(59)53-22-10-14-26-60(53)65)41-51(40-48)66-61-27-15-11-23-54(61)55-24-12-16-28-62(55)66/h3-37,39-42H,38H2,1-2H3/b34-29-. The van der Waals surface area contributed by atoms with E-state index in [9.17, 15) is 0 Å². The lowest BCUT2D eigenvalue weighted by molar-refractivity contribution is 0.601. The number of pyridine rings is 1. The molecule has 1 aliphatic carbocycles. The molecule has 12 rings (SSSR count). The van der Waals surface area contributed by atoms with Crippen molar-refractivity contribution in [1.82, 2.24) is 14.1 Å². The van der Waals surface area contributed by atoms with Crippen molar-refractivity contribution in [2.45, 2.75) is 25.7 Å². The molecule has 8 aromatic carbocycles. The van der Waals surface area contributed by atoms with Gasteiger partial charge in [-0.05, 0) is 112 Å². The quantitative estimate of drug-likeness (QED) is 0.149. The highest BCUT2D eigenvalue weighted by Gasteiger charge is 2.26. The Balaban J connectivity index is 0.927. The maximum atomic E-state index is 5.27. The minimum absolute atomic E-state index is 0.177. The molecule has 314 valence electrons. The predicted molar refractivity (Wildman–Crippen MR) is 279 cm³/mol. The normalized spacial score (nSPS) is 15.1. The van der Waals surface area contributed by atoms with Crippen molar-refractivity contribution in [2.75, 3.05) is 0 Å². The van der Waals surface area contributed by atoms with Gasteiger partial charge in [0.05, 0.1) is 33.5 Å². The van der Waals surface area contributed by atoms with E-state index in [0.717, 1.165) is 40.3 Å². The summed E-state index contributed by atoms with van der Waals surface area (Å²) in [6, 6.07) is 74.8. The van der Waals surface area contributed by atoms with Crippen LogP contribution in [0.25, 0.3) is 95.0 Å². The molecule has 0 N–H and O–H groups in total. The predicted octanol–water partition coefficient (Wildman–Crippen LogP) is 16.4. The van der Waals surface area contributed by atoms with Gasteiger partial charge in [0, 0.05) is 38.3 Å². The van der Waals surface area contributed by atoms with Gasteiger partial charge in [0.15, 0.2) is 0 Å². The van der Waals surface area contributed by atoms with Gasteiger partial charge in [0.1, 0.15) is 0 Å². The molecule has 0 radical (unpaired) electrons. The molecular weight excluding hydrogens is 799 g/mol. The van der Waals surface area contributed by atoms with Gasteiger partial charge >= 0.3 is 0 Å². The highest BCUT2D eigenvalue weighted by atomic mass is 15.0. The molecule has 3 nitrogen and oxygen atoms in total. The number of hydrogen-bond donors (Lipinski definition) is 0. The molecular formula is C63H47N3. The van der Waals surface area contributed by atoms with Crippen molar-refractivity contribution >= 4 is 61.3 Å². The fourth-order valence-electron chi connectivity index (χ4n) is 10.2. The van der Waals surface area contributed by atoms with Crippen LogP contribution in [-0.2, 0) is 5.41 Å². The summed E-state index contributed by atoms with van der Waals surface area (Å²) in [5, 5.41) is 5.01. The van der Waals surface area contributed by atoms with Crippen molar-refractivity contribution in [3.05, 3.63) is 253 Å². The molecule has 0 amide bonds. The number of nitrogens with zero attached hydrogens (tertiary/aromatic N) is 3. The first kappa shape index (κ1) is 39.3. The van der Waals surface area contributed by atoms with Crippen LogP contribution in [0.15, 0.2) is 224 Å². The first-order valence-electron chi connectivity index (χ1n) is 22.9. The van der Waals surface area contributed by atoms with Crippen molar-refractivity contribution < 1.29 is 0 Å². The van der Waals surface area contributed by atoms with Gasteiger partial charge in [-0.1, -0.05) is 189 Å². The van der Waals surface area contributed by atoms with Gasteiger partial charge in [-0.2, -0.15) is 0 Å². The lowest BCUT2D eigenvalue weighted by Gasteiger charge is -2.29. The van der Waals surface area contributed by atoms with Crippen molar-refractivity contribution in [3.8, 4) is 33.6 Å². The van der Waals surface area contributed by atoms with Crippen LogP contribution in [-0.4, -0.2) is 14.1 Å². The third-order valence-electron chi connectivity index (χ3n) is 13.8. The molecule has 3 heteroatoms. The molecule has 0 fully saturated rings. The lowest BCUT2D eigenvalue weighted by atomic mass is 9.75. The number of allylic oxidation sites excluding steroid dienone is 4. The van der Waals surface area contributed by atoms with Crippen LogP contribution in [0.2, 0.25) is 0 Å². The Kier molecular flexibility index (Phi) is 9.57. The van der Waals surface area contributed by atoms with Crippen molar-refractivity contribution in [3.63, 3.8) is 0 Å². The molecule has 66 heavy (non-hydrogen) atoms. The molecule has 1 aliphatic rings. The second kappa shape index (κ2) is 16.1. The summed E-state index contributed by atoms with van der Waals surface area (Å²) in [6.07, 6.45) is 12.2. The Morgan fingerprint density at radius 2 is 0.985 bits per heavy atom. The van der Waals surface area contributed by atoms with E-state index in [0.29, 0.717) is 0 Å². The van der Waals surface area contributed by atoms with Crippen molar-refractivity contribution in [2.24, 2.45) is 0 Å². The monoisotopic (exact) mass is 845 g/mol. The molecule has 1 unspecified atom stereocenters. The first-order valence-corrected chi connectivity index (χ1v) is 22.9. The average Bonchev–Trinajstić information content (AvgIpc) is 3.90. The van der Waals surface area contributed by atoms with E-state index in [1.54, 1.807) is 0 Å². The maximum Gasteiger partial charge on any atom is 0.0712 e. The SMILES string of the molecule is Cc1c(-c2ccccc2)cc(C2=CCC(C)(c3ccc(-c4cc(-n5c6ccccc6c6ccccc65)cc(-n5c6ccccc6c6ccccc65)c4)cc3)C=C2)nc1/C=C\c1ccccc1. The molecule has 0 saturated heterocycles. The van der Waals surface area contributed by atoms with Crippen LogP contribution in [0.3, 0.4) is 0 Å². The summed E-state index contributed by atoms with van der Waals surface area (Å²) in [7, 11) is 0. The molecule has 0 saturated carbocycles. The van der Waals surface area contributed by atoms with E-state index in [1.165, 1.54) is 77.0 Å². The first-order chi connectivity index (χ1) is 32.5. The summed E-state index contributed by atoms with van der Waals surface area (Å²) >= 11 is 0. The second-order valence-corrected chi connectivity index (χ2v) is 17.8. The molecule has 11 aromatic rings. The Hall–Kier alpha value is -8.27. The Bertz CT molecular complexity index is 3490. The fraction of sp³-hybridized carbons (Fsp3) is 0.0635. The van der Waals surface area contributed by atoms with E-state index < -0.39 is 0 Å². The van der Waals surface area contributed by atoms with Gasteiger partial charge in [0.25, 0.3) is 0 Å². The maximum absolute atomic E-state index is 5.27. The van der Waals surface area contributed by atoms with Crippen LogP contribution < -0.4 is 0 Å². The highest BCUT2D eigenvalue weighted by Crippen LogP contribution is 2.41. The summed E-state index contributed by atoms with van der Waals surface area (Å²) in [4.78, 5) is 5.27. The molecule has 1 atom stereocenters. The second-order valence-electron chi connectivity index (χ2n) is 17.8. The fourth-order valence-corrected chi connectivity index (χ4v) is 10.2. The van der Waals surface area contributed by atoms with Crippen LogP contribution in [0.5, 0.6) is 0 Å². The van der Waals surface area contributed by atoms with E-state index in [1.807, 2.05) is 0 Å². The average molecular weight is 846 g/mol. The summed E-state index contributed by atoms with van der Waals surface area (Å²) in [6.45, 7) is 4.53.